The summed E-state index contributed by atoms with van der Waals surface area (Å²) in [6.07, 6.45) is 7.23. The fourth-order valence-electron chi connectivity index (χ4n) is 8.31. The van der Waals surface area contributed by atoms with Gasteiger partial charge in [0.2, 0.25) is 0 Å². The second-order valence-electron chi connectivity index (χ2n) is 16.8. The number of alkyl halides is 1. The Morgan fingerprint density at radius 3 is 1.22 bits per heavy atom. The van der Waals surface area contributed by atoms with Crippen molar-refractivity contribution in [1.82, 2.24) is 19.9 Å². The van der Waals surface area contributed by atoms with Gasteiger partial charge in [0, 0.05) is 24.8 Å². The fraction of sp³-hybridized carbons (Fsp3) is 0.172. The molecule has 3 saturated heterocycles. The molecule has 0 N–H and O–H groups in total. The molecule has 0 atom stereocenters. The normalized spacial score (nSPS) is 15.7. The molecule has 0 aliphatic carbocycles. The number of nitrogens with zero attached hydrogens (tertiary/aromatic N) is 8. The van der Waals surface area contributed by atoms with Gasteiger partial charge in [-0.1, -0.05) is 116 Å². The van der Waals surface area contributed by atoms with Crippen molar-refractivity contribution in [2.24, 2.45) is 0 Å². The summed E-state index contributed by atoms with van der Waals surface area (Å²) in [4.78, 5) is 17.4. The van der Waals surface area contributed by atoms with Crippen LogP contribution < -0.4 is 0 Å². The zero-order valence-electron chi connectivity index (χ0n) is 41.2. The molecule has 7 heterocycles. The SMILES string of the molecule is C.C[N-]c1ccccc1-c1ccccn1.C[N-]c1ccccc1-c1ccccn1.F[B-](F)(F)F.F[N+]12CC[N+](CCl)(CC1)CC2.[F][Pd][F].[Pd+2].[c-]1cccc2ccc3cccnc3c12.[c-]1cccc2ccc3cccnc3c12. The molecule has 3 aliphatic rings. The van der Waals surface area contributed by atoms with Crippen LogP contribution in [0, 0.1) is 12.1 Å². The molecule has 77 heavy (non-hydrogen) atoms. The van der Waals surface area contributed by atoms with Gasteiger partial charge in [-0.2, -0.15) is 0 Å². The van der Waals surface area contributed by atoms with Crippen LogP contribution in [-0.2, 0) is 39.4 Å². The van der Waals surface area contributed by atoms with E-state index in [-0.39, 0.29) is 32.6 Å². The third-order valence-electron chi connectivity index (χ3n) is 12.2. The van der Waals surface area contributed by atoms with Gasteiger partial charge in [-0.15, -0.1) is 100 Å². The number of aromatic nitrogens is 4. The van der Waals surface area contributed by atoms with Crippen LogP contribution in [0.4, 0.5) is 39.6 Å². The molecule has 13 rings (SSSR count). The second kappa shape index (κ2) is 31.8. The van der Waals surface area contributed by atoms with Crippen LogP contribution >= 0.6 is 11.6 Å². The number of benzene rings is 6. The Kier molecular flexibility index (Phi) is 26.1. The van der Waals surface area contributed by atoms with Gasteiger partial charge in [-0.3, -0.25) is 14.5 Å². The molecule has 0 saturated carbocycles. The first kappa shape index (κ1) is 63.2. The summed E-state index contributed by atoms with van der Waals surface area (Å²) in [6, 6.07) is 63.4. The molecule has 19 heteroatoms. The van der Waals surface area contributed by atoms with E-state index in [1.54, 1.807) is 26.5 Å². The summed E-state index contributed by atoms with van der Waals surface area (Å²) in [5, 5.41) is 15.3. The maximum absolute atomic E-state index is 13.5. The van der Waals surface area contributed by atoms with Crippen molar-refractivity contribution in [2.45, 2.75) is 7.43 Å². The quantitative estimate of drug-likeness (QED) is 0.0251. The summed E-state index contributed by atoms with van der Waals surface area (Å²) in [5.41, 5.74) is 8.11. The van der Waals surface area contributed by atoms with Gasteiger partial charge >= 0.3 is 53.1 Å². The van der Waals surface area contributed by atoms with Crippen LogP contribution in [0.1, 0.15) is 7.43 Å². The molecule has 0 unspecified atom stereocenters. The Labute approximate surface area is 474 Å². The molecule has 0 radical (unpaired) electrons. The average molecular weight is 1260 g/mol. The Balaban J connectivity index is 0.000000200. The molecular formula is C58H56BClF7N8Pd2-. The molecule has 3 fully saturated rings. The van der Waals surface area contributed by atoms with E-state index < -0.39 is 26.3 Å². The van der Waals surface area contributed by atoms with E-state index in [1.807, 2.05) is 134 Å². The topological polar surface area (TPSA) is 79.8 Å². The minimum Gasteiger partial charge on any atom is -0.304 e. The van der Waals surface area contributed by atoms with Gasteiger partial charge in [0.25, 0.3) is 0 Å². The van der Waals surface area contributed by atoms with Crippen LogP contribution in [0.5, 0.6) is 0 Å². The maximum atomic E-state index is 13.5. The van der Waals surface area contributed by atoms with Crippen molar-refractivity contribution >= 4 is 73.6 Å². The first-order valence-corrected chi connectivity index (χ1v) is 25.2. The Morgan fingerprint density at radius 1 is 0.506 bits per heavy atom. The third kappa shape index (κ3) is 19.0. The van der Waals surface area contributed by atoms with Crippen LogP contribution in [-0.4, -0.2) is 95.7 Å². The second-order valence-corrected chi connectivity index (χ2v) is 17.3. The van der Waals surface area contributed by atoms with Gasteiger partial charge in [0.15, 0.2) is 25.6 Å². The van der Waals surface area contributed by atoms with E-state index in [9.17, 15) is 28.2 Å². The smallest absolute Gasteiger partial charge is 0.304 e. The van der Waals surface area contributed by atoms with E-state index in [2.05, 4.69) is 91.2 Å². The summed E-state index contributed by atoms with van der Waals surface area (Å²) < 4.78 is 72.6. The van der Waals surface area contributed by atoms with E-state index in [1.165, 1.54) is 21.5 Å². The van der Waals surface area contributed by atoms with Crippen molar-refractivity contribution in [3.05, 3.63) is 217 Å². The number of quaternary nitrogens is 2. The fourth-order valence-corrected chi connectivity index (χ4v) is 8.67. The predicted octanol–water partition coefficient (Wildman–Crippen LogP) is 16.6. The first-order chi connectivity index (χ1) is 36.3. The number of halogens is 8. The number of rotatable bonds is 5. The largest absolute Gasteiger partial charge is 2.00 e. The molecule has 408 valence electrons. The minimum atomic E-state index is -6.00. The number of fused-ring (bicyclic) bond motifs is 9. The summed E-state index contributed by atoms with van der Waals surface area (Å²) >= 11 is 3.80. The molecule has 3 aliphatic heterocycles. The zero-order chi connectivity index (χ0) is 53.5. The van der Waals surface area contributed by atoms with E-state index >= 15 is 0 Å². The van der Waals surface area contributed by atoms with Gasteiger partial charge in [-0.25, -0.2) is 0 Å². The van der Waals surface area contributed by atoms with E-state index in [0.717, 1.165) is 79.8 Å². The molecule has 10 aromatic rings. The number of hydrogen-bond donors (Lipinski definition) is 0. The first-order valence-electron chi connectivity index (χ1n) is 23.5. The van der Waals surface area contributed by atoms with Gasteiger partial charge in [0.05, 0.1) is 11.4 Å². The standard InChI is InChI=1S/2C13H8N.2C12H11N2.C7H14ClFN2.CH4.BF4.2FH.2Pd/c2*1-2-6-12-10(4-1)7-8-11-5-3-9-14-13(11)12;2*1-13-11-7-3-2-6-10(11)12-8-4-5-9-14-12;8-7-10-1-4-11(9,5-2-10)6-3-10;;2-1(3,4)5;;;;/h2*1-5,7-9H;2*2-9H,1H3;1-7H2;1H4;;2*1H;;/q4*-1;+2;;-1;;;2*+2/p-2. The van der Waals surface area contributed by atoms with Crippen molar-refractivity contribution in [3.8, 4) is 22.5 Å². The average Bonchev–Trinajstić information content (AvgIpc) is 3.46. The summed E-state index contributed by atoms with van der Waals surface area (Å²) in [7, 11) is -2.41. The van der Waals surface area contributed by atoms with E-state index in [0.29, 0.717) is 25.6 Å². The Bertz CT molecular complexity index is 2990. The van der Waals surface area contributed by atoms with Crippen LogP contribution in [0.15, 0.2) is 195 Å². The Hall–Kier alpha value is -6.33. The van der Waals surface area contributed by atoms with Gasteiger partial charge < -0.3 is 37.9 Å². The molecule has 2 bridgehead atoms. The Morgan fingerprint density at radius 2 is 0.857 bits per heavy atom. The monoisotopic (exact) mass is 1260 g/mol. The van der Waals surface area contributed by atoms with Crippen molar-refractivity contribution < 1.29 is 76.8 Å². The summed E-state index contributed by atoms with van der Waals surface area (Å²) in [6.45, 7) is 4.81. The van der Waals surface area contributed by atoms with Crippen molar-refractivity contribution in [1.29, 1.82) is 0 Å². The number of para-hydroxylation sites is 2. The van der Waals surface area contributed by atoms with Crippen LogP contribution in [0.25, 0.3) is 76.5 Å². The maximum Gasteiger partial charge on any atom is 2.00 e. The number of piperazine rings is 3. The van der Waals surface area contributed by atoms with Crippen molar-refractivity contribution in [2.75, 3.05) is 59.4 Å². The molecule has 0 amide bonds. The minimum absolute atomic E-state index is 0. The van der Waals surface area contributed by atoms with E-state index in [4.69, 9.17) is 11.6 Å². The summed E-state index contributed by atoms with van der Waals surface area (Å²) in [5.74, 6) is 0. The van der Waals surface area contributed by atoms with Crippen LogP contribution in [0.2, 0.25) is 0 Å². The molecule has 0 spiro atoms. The van der Waals surface area contributed by atoms with Crippen LogP contribution in [0.3, 0.4) is 0 Å². The number of pyridine rings is 4. The number of hydrogen-bond acceptors (Lipinski definition) is 4. The predicted molar refractivity (Wildman–Crippen MR) is 294 cm³/mol. The molecule has 6 aromatic carbocycles. The molecule has 4 aromatic heterocycles. The third-order valence-corrected chi connectivity index (χ3v) is 12.7. The van der Waals surface area contributed by atoms with Gasteiger partial charge in [-0.05, 0) is 73.8 Å². The van der Waals surface area contributed by atoms with Gasteiger partial charge in [0.1, 0.15) is 19.6 Å². The molecular weight excluding hydrogens is 1200 g/mol. The molecule has 8 nitrogen and oxygen atoms in total. The zero-order valence-corrected chi connectivity index (χ0v) is 45.1. The van der Waals surface area contributed by atoms with Crippen molar-refractivity contribution in [3.63, 3.8) is 0 Å².